The van der Waals surface area contributed by atoms with Crippen LogP contribution in [0.5, 0.6) is 5.88 Å². The number of rotatable bonds is 4. The number of aliphatic hydroxyl groups excluding tert-OH is 1. The van der Waals surface area contributed by atoms with Crippen molar-refractivity contribution in [1.82, 2.24) is 19.6 Å². The molecule has 1 fully saturated rings. The molecular weight excluding hydrogens is 320 g/mol. The number of aliphatic hydroxyl groups is 1. The molecule has 0 spiro atoms. The molecule has 1 saturated carbocycles. The summed E-state index contributed by atoms with van der Waals surface area (Å²) < 4.78 is 1.76. The molecule has 0 amide bonds. The maximum absolute atomic E-state index is 9.64. The third kappa shape index (κ3) is 3.48. The summed E-state index contributed by atoms with van der Waals surface area (Å²) in [6.07, 6.45) is 4.86. The second-order valence-corrected chi connectivity index (χ2v) is 6.29. The molecule has 4 N–H and O–H groups in total. The lowest BCUT2D eigenvalue weighted by Gasteiger charge is -2.26. The second kappa shape index (κ2) is 6.56. The Morgan fingerprint density at radius 2 is 1.96 bits per heavy atom. The molecule has 3 heterocycles. The largest absolute Gasteiger partial charge is 0.493 e. The van der Waals surface area contributed by atoms with Crippen LogP contribution in [0.1, 0.15) is 25.7 Å². The van der Waals surface area contributed by atoms with Crippen LogP contribution in [-0.4, -0.2) is 41.9 Å². The molecule has 8 heteroatoms. The lowest BCUT2D eigenvalue weighted by molar-refractivity contribution is 0.126. The standard InChI is InChI=1S/C17H20N6O2/c24-13-6-4-11(5-7-13)19-14-2-1-3-15-21-17(22-23(14)15)20-12-8-9-18-16(25)10-12/h1-3,8-11,13,19,24H,4-7H2,(H2,18,20,22,25)/t11-,13+. The van der Waals surface area contributed by atoms with Crippen LogP contribution in [0.2, 0.25) is 0 Å². The Morgan fingerprint density at radius 1 is 1.12 bits per heavy atom. The summed E-state index contributed by atoms with van der Waals surface area (Å²) in [6.45, 7) is 0. The Kier molecular flexibility index (Phi) is 4.10. The van der Waals surface area contributed by atoms with Crippen LogP contribution in [-0.2, 0) is 0 Å². The van der Waals surface area contributed by atoms with Crippen LogP contribution in [0.4, 0.5) is 17.5 Å². The van der Waals surface area contributed by atoms with Crippen LogP contribution in [0, 0.1) is 0 Å². The van der Waals surface area contributed by atoms with Gasteiger partial charge in [0.2, 0.25) is 11.8 Å². The van der Waals surface area contributed by atoms with E-state index in [4.69, 9.17) is 0 Å². The average Bonchev–Trinajstić information content (AvgIpc) is 3.00. The first-order valence-electron chi connectivity index (χ1n) is 8.40. The van der Waals surface area contributed by atoms with E-state index in [2.05, 4.69) is 25.7 Å². The Bertz CT molecular complexity index is 872. The minimum Gasteiger partial charge on any atom is -0.493 e. The van der Waals surface area contributed by atoms with Crippen molar-refractivity contribution in [2.75, 3.05) is 10.6 Å². The van der Waals surface area contributed by atoms with Crippen molar-refractivity contribution in [3.05, 3.63) is 36.5 Å². The monoisotopic (exact) mass is 340 g/mol. The molecule has 0 saturated heterocycles. The molecule has 1 aliphatic rings. The van der Waals surface area contributed by atoms with E-state index in [0.717, 1.165) is 37.1 Å². The molecule has 3 aromatic rings. The number of aromatic nitrogens is 4. The highest BCUT2D eigenvalue weighted by Crippen LogP contribution is 2.23. The van der Waals surface area contributed by atoms with Crippen molar-refractivity contribution in [3.63, 3.8) is 0 Å². The van der Waals surface area contributed by atoms with Gasteiger partial charge in [-0.1, -0.05) is 6.07 Å². The fourth-order valence-corrected chi connectivity index (χ4v) is 3.12. The lowest BCUT2D eigenvalue weighted by Crippen LogP contribution is -2.29. The van der Waals surface area contributed by atoms with Gasteiger partial charge in [-0.25, -0.2) is 4.98 Å². The molecule has 0 aliphatic heterocycles. The van der Waals surface area contributed by atoms with Gasteiger partial charge in [0.15, 0.2) is 5.65 Å². The Morgan fingerprint density at radius 3 is 2.76 bits per heavy atom. The van der Waals surface area contributed by atoms with Crippen LogP contribution in [0.15, 0.2) is 36.5 Å². The minimum absolute atomic E-state index is 0.0596. The van der Waals surface area contributed by atoms with E-state index in [1.165, 1.54) is 12.3 Å². The Hall–Kier alpha value is -2.87. The van der Waals surface area contributed by atoms with Gasteiger partial charge in [0.25, 0.3) is 0 Å². The number of pyridine rings is 2. The maximum atomic E-state index is 9.64. The number of nitrogens with one attached hydrogen (secondary N) is 2. The number of nitrogens with zero attached hydrogens (tertiary/aromatic N) is 4. The van der Waals surface area contributed by atoms with Gasteiger partial charge in [-0.15, -0.1) is 5.10 Å². The summed E-state index contributed by atoms with van der Waals surface area (Å²) in [5.41, 5.74) is 1.39. The second-order valence-electron chi connectivity index (χ2n) is 6.29. The van der Waals surface area contributed by atoms with Gasteiger partial charge in [-0.05, 0) is 43.9 Å². The smallest absolute Gasteiger partial charge is 0.247 e. The number of anilines is 3. The lowest BCUT2D eigenvalue weighted by atomic mass is 9.93. The molecule has 1 aliphatic carbocycles. The van der Waals surface area contributed by atoms with Crippen molar-refractivity contribution in [2.45, 2.75) is 37.8 Å². The molecule has 3 aromatic heterocycles. The van der Waals surface area contributed by atoms with E-state index in [-0.39, 0.29) is 12.0 Å². The van der Waals surface area contributed by atoms with Crippen LogP contribution in [0.3, 0.4) is 0 Å². The van der Waals surface area contributed by atoms with Gasteiger partial charge in [-0.2, -0.15) is 9.50 Å². The number of hydrogen-bond acceptors (Lipinski definition) is 7. The summed E-state index contributed by atoms with van der Waals surface area (Å²) in [4.78, 5) is 8.21. The Labute approximate surface area is 144 Å². The van der Waals surface area contributed by atoms with Crippen LogP contribution < -0.4 is 10.6 Å². The van der Waals surface area contributed by atoms with Gasteiger partial charge in [0.05, 0.1) is 6.10 Å². The van der Waals surface area contributed by atoms with Crippen LogP contribution >= 0.6 is 0 Å². The quantitative estimate of drug-likeness (QED) is 0.577. The number of fused-ring (bicyclic) bond motifs is 1. The molecule has 0 aromatic carbocycles. The van der Waals surface area contributed by atoms with Gasteiger partial charge < -0.3 is 20.8 Å². The number of hydrogen-bond donors (Lipinski definition) is 4. The topological polar surface area (TPSA) is 108 Å². The predicted molar refractivity (Wildman–Crippen MR) is 94.1 cm³/mol. The van der Waals surface area contributed by atoms with E-state index in [9.17, 15) is 10.2 Å². The third-order valence-corrected chi connectivity index (χ3v) is 4.41. The first-order chi connectivity index (χ1) is 12.2. The summed E-state index contributed by atoms with van der Waals surface area (Å²) >= 11 is 0. The van der Waals surface area contributed by atoms with Gasteiger partial charge >= 0.3 is 0 Å². The highest BCUT2D eigenvalue weighted by Gasteiger charge is 2.20. The fourth-order valence-electron chi connectivity index (χ4n) is 3.12. The zero-order chi connectivity index (χ0) is 17.2. The summed E-state index contributed by atoms with van der Waals surface area (Å²) in [7, 11) is 0. The molecule has 0 atom stereocenters. The van der Waals surface area contributed by atoms with E-state index < -0.39 is 0 Å². The van der Waals surface area contributed by atoms with Crippen molar-refractivity contribution in [2.24, 2.45) is 0 Å². The zero-order valence-corrected chi connectivity index (χ0v) is 13.6. The zero-order valence-electron chi connectivity index (χ0n) is 13.6. The molecule has 8 nitrogen and oxygen atoms in total. The van der Waals surface area contributed by atoms with E-state index in [0.29, 0.717) is 17.7 Å². The number of aromatic hydroxyl groups is 1. The molecule has 25 heavy (non-hydrogen) atoms. The first-order valence-corrected chi connectivity index (χ1v) is 8.40. The fraction of sp³-hybridized carbons (Fsp3) is 0.353. The van der Waals surface area contributed by atoms with Gasteiger partial charge in [0, 0.05) is 24.0 Å². The highest BCUT2D eigenvalue weighted by atomic mass is 16.3. The van der Waals surface area contributed by atoms with Crippen molar-refractivity contribution >= 4 is 23.1 Å². The molecule has 0 bridgehead atoms. The summed E-state index contributed by atoms with van der Waals surface area (Å²) in [6, 6.07) is 9.36. The first kappa shape index (κ1) is 15.6. The average molecular weight is 340 g/mol. The molecule has 0 radical (unpaired) electrons. The normalized spacial score (nSPS) is 20.5. The van der Waals surface area contributed by atoms with Gasteiger partial charge in [0.1, 0.15) is 5.82 Å². The van der Waals surface area contributed by atoms with Gasteiger partial charge in [-0.3, -0.25) is 0 Å². The van der Waals surface area contributed by atoms with Crippen LogP contribution in [0.25, 0.3) is 5.65 Å². The summed E-state index contributed by atoms with van der Waals surface area (Å²) in [5.74, 6) is 1.26. The van der Waals surface area contributed by atoms with Crippen molar-refractivity contribution in [3.8, 4) is 5.88 Å². The highest BCUT2D eigenvalue weighted by molar-refractivity contribution is 5.58. The van der Waals surface area contributed by atoms with E-state index in [1.54, 1.807) is 10.6 Å². The van der Waals surface area contributed by atoms with Crippen molar-refractivity contribution < 1.29 is 10.2 Å². The maximum Gasteiger partial charge on any atom is 0.247 e. The molecule has 130 valence electrons. The summed E-state index contributed by atoms with van der Waals surface area (Å²) in [5, 5.41) is 30.2. The molecule has 4 rings (SSSR count). The van der Waals surface area contributed by atoms with E-state index in [1.807, 2.05) is 18.2 Å². The predicted octanol–water partition coefficient (Wildman–Crippen LogP) is 2.29. The third-order valence-electron chi connectivity index (χ3n) is 4.41. The minimum atomic E-state index is -0.173. The SMILES string of the molecule is Oc1cc(Nc2nc3cccc(N[C@H]4CC[C@@H](O)CC4)n3n2)ccn1. The van der Waals surface area contributed by atoms with Crippen molar-refractivity contribution in [1.29, 1.82) is 0 Å². The molecular formula is C17H20N6O2. The van der Waals surface area contributed by atoms with E-state index >= 15 is 0 Å². The Balaban J connectivity index is 1.56. The molecule has 0 unspecified atom stereocenters.